The summed E-state index contributed by atoms with van der Waals surface area (Å²) in [5.74, 6) is 0.0198. The highest BCUT2D eigenvalue weighted by atomic mass is 16.6. The molecule has 1 rings (SSSR count). The smallest absolute Gasteiger partial charge is 0.408 e. The normalized spacial score (nSPS) is 12.1. The van der Waals surface area contributed by atoms with Crippen LogP contribution in [0.25, 0.3) is 0 Å². The molecule has 0 saturated carbocycles. The lowest BCUT2D eigenvalue weighted by atomic mass is 10.0. The SMILES string of the molecule is COc1cc([C@@H](CC(=O)O)NC(=O)OC(C)(C)C)cc(OC)c1OC. The Morgan fingerprint density at radius 3 is 1.96 bits per heavy atom. The van der Waals surface area contributed by atoms with Crippen LogP contribution in [0.3, 0.4) is 0 Å². The Bertz CT molecular complexity index is 597. The summed E-state index contributed by atoms with van der Waals surface area (Å²) in [5, 5.41) is 11.7. The molecule has 0 heterocycles. The molecule has 0 unspecified atom stereocenters. The van der Waals surface area contributed by atoms with Gasteiger partial charge in [0.05, 0.1) is 33.8 Å². The van der Waals surface area contributed by atoms with E-state index in [0.717, 1.165) is 0 Å². The maximum absolute atomic E-state index is 12.0. The Morgan fingerprint density at radius 2 is 1.60 bits per heavy atom. The van der Waals surface area contributed by atoms with Crippen molar-refractivity contribution in [3.8, 4) is 17.2 Å². The summed E-state index contributed by atoms with van der Waals surface area (Å²) in [4.78, 5) is 23.2. The van der Waals surface area contributed by atoms with Gasteiger partial charge in [-0.1, -0.05) is 0 Å². The summed E-state index contributed by atoms with van der Waals surface area (Å²) in [6, 6.07) is 2.35. The first kappa shape index (κ1) is 20.4. The number of hydrogen-bond acceptors (Lipinski definition) is 6. The van der Waals surface area contributed by atoms with Gasteiger partial charge in [-0.05, 0) is 38.5 Å². The maximum Gasteiger partial charge on any atom is 0.408 e. The predicted octanol–water partition coefficient (Wildman–Crippen LogP) is 2.75. The number of carbonyl (C=O) groups excluding carboxylic acids is 1. The molecule has 0 aliphatic heterocycles. The molecule has 0 radical (unpaired) electrons. The largest absolute Gasteiger partial charge is 0.493 e. The third kappa shape index (κ3) is 6.06. The molecule has 0 fully saturated rings. The standard InChI is InChI=1S/C17H25NO7/c1-17(2,3)25-16(21)18-11(9-14(19)20)10-7-12(22-4)15(24-6)13(8-10)23-5/h7-8,11H,9H2,1-6H3,(H,18,21)(H,19,20)/t11-/m1/s1. The number of carbonyl (C=O) groups is 2. The van der Waals surface area contributed by atoms with Crippen molar-refractivity contribution in [1.29, 1.82) is 0 Å². The lowest BCUT2D eigenvalue weighted by Gasteiger charge is -2.24. The number of hydrogen-bond donors (Lipinski definition) is 2. The van der Waals surface area contributed by atoms with E-state index in [9.17, 15) is 9.59 Å². The summed E-state index contributed by atoms with van der Waals surface area (Å²) in [5.41, 5.74) is -0.213. The monoisotopic (exact) mass is 355 g/mol. The van der Waals surface area contributed by atoms with Crippen LogP contribution < -0.4 is 19.5 Å². The molecule has 8 nitrogen and oxygen atoms in total. The second kappa shape index (κ2) is 8.46. The van der Waals surface area contributed by atoms with E-state index in [2.05, 4.69) is 5.32 Å². The Kier molecular flexibility index (Phi) is 6.90. The topological polar surface area (TPSA) is 103 Å². The predicted molar refractivity (Wildman–Crippen MR) is 90.5 cm³/mol. The van der Waals surface area contributed by atoms with E-state index < -0.39 is 23.7 Å². The molecule has 1 atom stereocenters. The molecular formula is C17H25NO7. The maximum atomic E-state index is 12.0. The summed E-state index contributed by atoms with van der Waals surface area (Å²) in [7, 11) is 4.37. The first-order valence-corrected chi connectivity index (χ1v) is 7.62. The van der Waals surface area contributed by atoms with E-state index in [0.29, 0.717) is 22.8 Å². The second-order valence-corrected chi connectivity index (χ2v) is 6.26. The van der Waals surface area contributed by atoms with Crippen LogP contribution in [0.4, 0.5) is 4.79 Å². The lowest BCUT2D eigenvalue weighted by Crippen LogP contribution is -2.35. The van der Waals surface area contributed by atoms with Crippen LogP contribution in [0.15, 0.2) is 12.1 Å². The Labute approximate surface area is 147 Å². The van der Waals surface area contributed by atoms with Gasteiger partial charge in [-0.25, -0.2) is 4.79 Å². The number of methoxy groups -OCH3 is 3. The van der Waals surface area contributed by atoms with Crippen molar-refractivity contribution in [3.63, 3.8) is 0 Å². The van der Waals surface area contributed by atoms with Crippen molar-refractivity contribution in [1.82, 2.24) is 5.32 Å². The highest BCUT2D eigenvalue weighted by Gasteiger charge is 2.25. The fourth-order valence-corrected chi connectivity index (χ4v) is 2.18. The third-order valence-electron chi connectivity index (χ3n) is 3.16. The van der Waals surface area contributed by atoms with Crippen LogP contribution in [-0.2, 0) is 9.53 Å². The van der Waals surface area contributed by atoms with Crippen LogP contribution in [0.5, 0.6) is 17.2 Å². The summed E-state index contributed by atoms with van der Waals surface area (Å²) < 4.78 is 21.0. The van der Waals surface area contributed by atoms with E-state index in [1.807, 2.05) is 0 Å². The van der Waals surface area contributed by atoms with Crippen LogP contribution in [-0.4, -0.2) is 44.1 Å². The molecule has 2 N–H and O–H groups in total. The molecule has 0 saturated heterocycles. The average Bonchev–Trinajstić information content (AvgIpc) is 2.50. The highest BCUT2D eigenvalue weighted by Crippen LogP contribution is 2.40. The minimum atomic E-state index is -1.07. The third-order valence-corrected chi connectivity index (χ3v) is 3.16. The highest BCUT2D eigenvalue weighted by molar-refractivity contribution is 5.72. The molecular weight excluding hydrogens is 330 g/mol. The number of carboxylic acid groups (broad SMARTS) is 1. The molecule has 1 aromatic carbocycles. The number of alkyl carbamates (subject to hydrolysis) is 1. The number of nitrogens with one attached hydrogen (secondary N) is 1. The van der Waals surface area contributed by atoms with E-state index in [-0.39, 0.29) is 6.42 Å². The van der Waals surface area contributed by atoms with Gasteiger partial charge < -0.3 is 29.4 Å². The minimum absolute atomic E-state index is 0.335. The Hall–Kier alpha value is -2.64. The van der Waals surface area contributed by atoms with Crippen molar-refractivity contribution in [2.45, 2.75) is 38.8 Å². The van der Waals surface area contributed by atoms with Gasteiger partial charge in [0, 0.05) is 0 Å². The lowest BCUT2D eigenvalue weighted by molar-refractivity contribution is -0.137. The van der Waals surface area contributed by atoms with Crippen molar-refractivity contribution in [3.05, 3.63) is 17.7 Å². The molecule has 0 aliphatic rings. The zero-order chi connectivity index (χ0) is 19.2. The zero-order valence-corrected chi connectivity index (χ0v) is 15.3. The Balaban J connectivity index is 3.22. The van der Waals surface area contributed by atoms with Gasteiger partial charge in [-0.15, -0.1) is 0 Å². The van der Waals surface area contributed by atoms with Gasteiger partial charge in [-0.3, -0.25) is 4.79 Å². The second-order valence-electron chi connectivity index (χ2n) is 6.26. The first-order valence-electron chi connectivity index (χ1n) is 7.62. The number of aliphatic carboxylic acids is 1. The van der Waals surface area contributed by atoms with E-state index >= 15 is 0 Å². The number of carboxylic acids is 1. The van der Waals surface area contributed by atoms with Crippen LogP contribution in [0.2, 0.25) is 0 Å². The van der Waals surface area contributed by atoms with Crippen molar-refractivity contribution in [2.24, 2.45) is 0 Å². The molecule has 140 valence electrons. The quantitative estimate of drug-likeness (QED) is 0.775. The van der Waals surface area contributed by atoms with Gasteiger partial charge in [0.25, 0.3) is 0 Å². The number of benzene rings is 1. The molecule has 25 heavy (non-hydrogen) atoms. The minimum Gasteiger partial charge on any atom is -0.493 e. The van der Waals surface area contributed by atoms with Gasteiger partial charge in [0.2, 0.25) is 5.75 Å². The first-order chi connectivity index (χ1) is 11.6. The number of rotatable bonds is 7. The summed E-state index contributed by atoms with van der Waals surface area (Å²) in [6.07, 6.45) is -1.05. The van der Waals surface area contributed by atoms with Gasteiger partial charge in [0.15, 0.2) is 11.5 Å². The summed E-state index contributed by atoms with van der Waals surface area (Å²) in [6.45, 7) is 5.16. The van der Waals surface area contributed by atoms with Crippen LogP contribution >= 0.6 is 0 Å². The zero-order valence-electron chi connectivity index (χ0n) is 15.3. The van der Waals surface area contributed by atoms with E-state index in [1.165, 1.54) is 21.3 Å². The van der Waals surface area contributed by atoms with Gasteiger partial charge >= 0.3 is 12.1 Å². The molecule has 0 bridgehead atoms. The molecule has 1 amide bonds. The molecule has 0 aromatic heterocycles. The van der Waals surface area contributed by atoms with Crippen molar-refractivity contribution < 1.29 is 33.6 Å². The number of amides is 1. The molecule has 1 aromatic rings. The molecule has 8 heteroatoms. The van der Waals surface area contributed by atoms with Gasteiger partial charge in [0.1, 0.15) is 5.60 Å². The fourth-order valence-electron chi connectivity index (χ4n) is 2.18. The van der Waals surface area contributed by atoms with Crippen LogP contribution in [0, 0.1) is 0 Å². The van der Waals surface area contributed by atoms with Crippen molar-refractivity contribution >= 4 is 12.1 Å². The number of ether oxygens (including phenoxy) is 4. The van der Waals surface area contributed by atoms with Crippen LogP contribution in [0.1, 0.15) is 38.8 Å². The van der Waals surface area contributed by atoms with E-state index in [4.69, 9.17) is 24.1 Å². The Morgan fingerprint density at radius 1 is 1.08 bits per heavy atom. The summed E-state index contributed by atoms with van der Waals surface area (Å²) >= 11 is 0. The van der Waals surface area contributed by atoms with Gasteiger partial charge in [-0.2, -0.15) is 0 Å². The van der Waals surface area contributed by atoms with E-state index in [1.54, 1.807) is 32.9 Å². The molecule has 0 aliphatic carbocycles. The fraction of sp³-hybridized carbons (Fsp3) is 0.529. The molecule has 0 spiro atoms. The average molecular weight is 355 g/mol. The van der Waals surface area contributed by atoms with Crippen molar-refractivity contribution in [2.75, 3.05) is 21.3 Å².